The molecule has 0 spiro atoms. The van der Waals surface area contributed by atoms with Crippen LogP contribution < -0.4 is 10.6 Å². The molecule has 0 bridgehead atoms. The Balaban J connectivity index is 1.97. The average molecular weight is 258 g/mol. The van der Waals surface area contributed by atoms with Crippen molar-refractivity contribution in [1.82, 2.24) is 15.1 Å². The zero-order valence-corrected chi connectivity index (χ0v) is 11.0. The average Bonchev–Trinajstić information content (AvgIpc) is 2.89. The van der Waals surface area contributed by atoms with Crippen molar-refractivity contribution in [2.45, 2.75) is 13.5 Å². The second-order valence-electron chi connectivity index (χ2n) is 4.23. The molecule has 5 nitrogen and oxygen atoms in total. The fourth-order valence-corrected chi connectivity index (χ4v) is 1.77. The number of aromatic nitrogens is 2. The minimum Gasteiger partial charge on any atom is -0.325 e. The van der Waals surface area contributed by atoms with Crippen LogP contribution >= 0.6 is 0 Å². The van der Waals surface area contributed by atoms with Gasteiger partial charge in [-0.15, -0.1) is 0 Å². The first-order valence-corrected chi connectivity index (χ1v) is 6.35. The highest BCUT2D eigenvalue weighted by molar-refractivity contribution is 5.92. The lowest BCUT2D eigenvalue weighted by Gasteiger charge is -2.08. The molecular weight excluding hydrogens is 240 g/mol. The molecule has 1 heterocycles. The SMILES string of the molecule is CCNCC(=O)Nc1cccc(Cn2cccn2)c1. The molecule has 0 aliphatic heterocycles. The van der Waals surface area contributed by atoms with E-state index in [9.17, 15) is 4.79 Å². The molecule has 0 aliphatic rings. The van der Waals surface area contributed by atoms with E-state index in [-0.39, 0.29) is 5.91 Å². The second kappa shape index (κ2) is 6.70. The molecule has 1 amide bonds. The van der Waals surface area contributed by atoms with E-state index < -0.39 is 0 Å². The lowest BCUT2D eigenvalue weighted by molar-refractivity contribution is -0.115. The Morgan fingerprint density at radius 3 is 3.00 bits per heavy atom. The summed E-state index contributed by atoms with van der Waals surface area (Å²) in [7, 11) is 0. The van der Waals surface area contributed by atoms with Gasteiger partial charge in [0, 0.05) is 18.1 Å². The topological polar surface area (TPSA) is 59.0 Å². The molecule has 1 aromatic heterocycles. The number of nitrogens with one attached hydrogen (secondary N) is 2. The number of carbonyl (C=O) groups is 1. The van der Waals surface area contributed by atoms with Crippen molar-refractivity contribution >= 4 is 11.6 Å². The largest absolute Gasteiger partial charge is 0.325 e. The van der Waals surface area contributed by atoms with Gasteiger partial charge in [0.15, 0.2) is 0 Å². The summed E-state index contributed by atoms with van der Waals surface area (Å²) in [6.07, 6.45) is 3.67. The number of hydrogen-bond acceptors (Lipinski definition) is 3. The van der Waals surface area contributed by atoms with Gasteiger partial charge in [0.2, 0.25) is 5.91 Å². The molecule has 2 rings (SSSR count). The number of likely N-dealkylation sites (N-methyl/N-ethyl adjacent to an activating group) is 1. The van der Waals surface area contributed by atoms with E-state index in [1.165, 1.54) is 0 Å². The monoisotopic (exact) mass is 258 g/mol. The second-order valence-corrected chi connectivity index (χ2v) is 4.23. The first kappa shape index (κ1) is 13.3. The summed E-state index contributed by atoms with van der Waals surface area (Å²) in [4.78, 5) is 11.6. The quantitative estimate of drug-likeness (QED) is 0.825. The predicted octanol–water partition coefficient (Wildman–Crippen LogP) is 1.48. The number of carbonyl (C=O) groups excluding carboxylic acids is 1. The highest BCUT2D eigenvalue weighted by atomic mass is 16.1. The van der Waals surface area contributed by atoms with Crippen molar-refractivity contribution in [2.75, 3.05) is 18.4 Å². The summed E-state index contributed by atoms with van der Waals surface area (Å²) in [5.74, 6) is -0.0295. The third kappa shape index (κ3) is 4.22. The molecule has 100 valence electrons. The van der Waals surface area contributed by atoms with Gasteiger partial charge in [-0.1, -0.05) is 19.1 Å². The lowest BCUT2D eigenvalue weighted by Crippen LogP contribution is -2.27. The van der Waals surface area contributed by atoms with Crippen LogP contribution in [0.25, 0.3) is 0 Å². The maximum absolute atomic E-state index is 11.6. The number of rotatable bonds is 6. The molecule has 2 N–H and O–H groups in total. The molecule has 0 atom stereocenters. The van der Waals surface area contributed by atoms with Crippen LogP contribution in [-0.4, -0.2) is 28.8 Å². The molecule has 0 aliphatic carbocycles. The Bertz CT molecular complexity index is 522. The molecule has 0 saturated heterocycles. The van der Waals surface area contributed by atoms with E-state index in [0.29, 0.717) is 13.1 Å². The van der Waals surface area contributed by atoms with Crippen molar-refractivity contribution in [3.8, 4) is 0 Å². The zero-order valence-electron chi connectivity index (χ0n) is 11.0. The summed E-state index contributed by atoms with van der Waals surface area (Å²) >= 11 is 0. The molecule has 1 aromatic carbocycles. The van der Waals surface area contributed by atoms with Gasteiger partial charge in [0.05, 0.1) is 13.1 Å². The Kier molecular flexibility index (Phi) is 4.69. The Hall–Kier alpha value is -2.14. The molecule has 2 aromatic rings. The van der Waals surface area contributed by atoms with Gasteiger partial charge in [0.1, 0.15) is 0 Å². The lowest BCUT2D eigenvalue weighted by atomic mass is 10.2. The van der Waals surface area contributed by atoms with E-state index in [1.807, 2.05) is 48.1 Å². The number of anilines is 1. The van der Waals surface area contributed by atoms with Gasteiger partial charge in [0.25, 0.3) is 0 Å². The van der Waals surface area contributed by atoms with Gasteiger partial charge in [-0.25, -0.2) is 0 Å². The smallest absolute Gasteiger partial charge is 0.238 e. The maximum atomic E-state index is 11.6. The van der Waals surface area contributed by atoms with Crippen molar-refractivity contribution in [3.05, 3.63) is 48.3 Å². The molecule has 0 fully saturated rings. The molecule has 0 saturated carbocycles. The van der Waals surface area contributed by atoms with Crippen LogP contribution in [0.5, 0.6) is 0 Å². The zero-order chi connectivity index (χ0) is 13.5. The Labute approximate surface area is 112 Å². The van der Waals surface area contributed by atoms with Gasteiger partial charge < -0.3 is 10.6 Å². The summed E-state index contributed by atoms with van der Waals surface area (Å²) in [6, 6.07) is 9.69. The van der Waals surface area contributed by atoms with E-state index >= 15 is 0 Å². The van der Waals surface area contributed by atoms with E-state index in [0.717, 1.165) is 17.8 Å². The van der Waals surface area contributed by atoms with E-state index in [2.05, 4.69) is 15.7 Å². The molecule has 5 heteroatoms. The number of nitrogens with zero attached hydrogens (tertiary/aromatic N) is 2. The minimum absolute atomic E-state index is 0.0295. The summed E-state index contributed by atoms with van der Waals surface area (Å²) in [5, 5.41) is 10.0. The highest BCUT2D eigenvalue weighted by Crippen LogP contribution is 2.11. The molecule has 19 heavy (non-hydrogen) atoms. The third-order valence-corrected chi connectivity index (χ3v) is 2.65. The fourth-order valence-electron chi connectivity index (χ4n) is 1.77. The van der Waals surface area contributed by atoms with E-state index in [1.54, 1.807) is 6.20 Å². The predicted molar refractivity (Wildman–Crippen MR) is 74.9 cm³/mol. The molecule has 0 unspecified atom stereocenters. The Morgan fingerprint density at radius 1 is 1.37 bits per heavy atom. The number of amides is 1. The normalized spacial score (nSPS) is 10.4. The molecule has 0 radical (unpaired) electrons. The van der Waals surface area contributed by atoms with Crippen LogP contribution in [0.1, 0.15) is 12.5 Å². The van der Waals surface area contributed by atoms with Crippen LogP contribution in [0.15, 0.2) is 42.7 Å². The van der Waals surface area contributed by atoms with Crippen LogP contribution in [0.4, 0.5) is 5.69 Å². The van der Waals surface area contributed by atoms with Crippen LogP contribution in [0.3, 0.4) is 0 Å². The fraction of sp³-hybridized carbons (Fsp3) is 0.286. The summed E-state index contributed by atoms with van der Waals surface area (Å²) < 4.78 is 1.85. The standard InChI is InChI=1S/C14H18N4O/c1-2-15-10-14(19)17-13-6-3-5-12(9-13)11-18-8-4-7-16-18/h3-9,15H,2,10-11H2,1H3,(H,17,19). The van der Waals surface area contributed by atoms with Crippen molar-refractivity contribution in [1.29, 1.82) is 0 Å². The summed E-state index contributed by atoms with van der Waals surface area (Å²) in [6.45, 7) is 3.79. The minimum atomic E-state index is -0.0295. The van der Waals surface area contributed by atoms with Gasteiger partial charge >= 0.3 is 0 Å². The summed E-state index contributed by atoms with van der Waals surface area (Å²) in [5.41, 5.74) is 1.91. The van der Waals surface area contributed by atoms with Crippen LogP contribution in [0, 0.1) is 0 Å². The first-order chi connectivity index (χ1) is 9.28. The van der Waals surface area contributed by atoms with Crippen LogP contribution in [0.2, 0.25) is 0 Å². The van der Waals surface area contributed by atoms with Crippen molar-refractivity contribution < 1.29 is 4.79 Å². The first-order valence-electron chi connectivity index (χ1n) is 6.35. The third-order valence-electron chi connectivity index (χ3n) is 2.65. The van der Waals surface area contributed by atoms with Crippen molar-refractivity contribution in [3.63, 3.8) is 0 Å². The van der Waals surface area contributed by atoms with Gasteiger partial charge in [-0.05, 0) is 30.3 Å². The van der Waals surface area contributed by atoms with Crippen LogP contribution in [-0.2, 0) is 11.3 Å². The number of benzene rings is 1. The van der Waals surface area contributed by atoms with Crippen molar-refractivity contribution in [2.24, 2.45) is 0 Å². The van der Waals surface area contributed by atoms with E-state index in [4.69, 9.17) is 0 Å². The molecular formula is C14H18N4O. The Morgan fingerprint density at radius 2 is 2.26 bits per heavy atom. The van der Waals surface area contributed by atoms with Gasteiger partial charge in [-0.2, -0.15) is 5.10 Å². The highest BCUT2D eigenvalue weighted by Gasteiger charge is 2.02. The number of hydrogen-bond donors (Lipinski definition) is 2. The maximum Gasteiger partial charge on any atom is 0.238 e. The van der Waals surface area contributed by atoms with Gasteiger partial charge in [-0.3, -0.25) is 9.48 Å².